The Morgan fingerprint density at radius 3 is 2.08 bits per heavy atom. The molecular formula is C7H10F2O4. The standard InChI is InChI=1S/C7H10F2O4/c8-6(9)4(7(12)13)2-1-3-5(10)11/h4,6H,1-3H2,(H,10,11)(H,12,13). The quantitative estimate of drug-likeness (QED) is 0.669. The van der Waals surface area contributed by atoms with Crippen LogP contribution in [0.4, 0.5) is 8.78 Å². The molecule has 0 amide bonds. The Morgan fingerprint density at radius 2 is 1.77 bits per heavy atom. The number of carboxylic acid groups (broad SMARTS) is 2. The molecule has 76 valence electrons. The van der Waals surface area contributed by atoms with Gasteiger partial charge in [0.1, 0.15) is 5.92 Å². The number of carboxylic acids is 2. The van der Waals surface area contributed by atoms with E-state index >= 15 is 0 Å². The molecule has 0 rings (SSSR count). The van der Waals surface area contributed by atoms with Crippen LogP contribution in [0.2, 0.25) is 0 Å². The molecule has 0 heterocycles. The second kappa shape index (κ2) is 5.45. The maximum atomic E-state index is 11.9. The lowest BCUT2D eigenvalue weighted by Gasteiger charge is -2.09. The zero-order valence-electron chi connectivity index (χ0n) is 6.74. The van der Waals surface area contributed by atoms with Crippen LogP contribution in [-0.2, 0) is 9.59 Å². The van der Waals surface area contributed by atoms with Crippen molar-refractivity contribution < 1.29 is 28.6 Å². The molecular weight excluding hydrogens is 186 g/mol. The Balaban J connectivity index is 3.84. The maximum Gasteiger partial charge on any atom is 0.312 e. The van der Waals surface area contributed by atoms with Crippen molar-refractivity contribution in [2.45, 2.75) is 25.7 Å². The summed E-state index contributed by atoms with van der Waals surface area (Å²) < 4.78 is 23.9. The summed E-state index contributed by atoms with van der Waals surface area (Å²) in [5.41, 5.74) is 0. The predicted molar refractivity (Wildman–Crippen MR) is 38.6 cm³/mol. The smallest absolute Gasteiger partial charge is 0.312 e. The van der Waals surface area contributed by atoms with E-state index in [0.29, 0.717) is 0 Å². The Bertz CT molecular complexity index is 193. The lowest BCUT2D eigenvalue weighted by atomic mass is 10.0. The van der Waals surface area contributed by atoms with Crippen LogP contribution in [-0.4, -0.2) is 28.6 Å². The Kier molecular flexibility index (Phi) is 4.94. The van der Waals surface area contributed by atoms with Crippen LogP contribution in [0, 0.1) is 5.92 Å². The van der Waals surface area contributed by atoms with Gasteiger partial charge in [-0.2, -0.15) is 0 Å². The number of rotatable bonds is 6. The van der Waals surface area contributed by atoms with Gasteiger partial charge in [-0.05, 0) is 12.8 Å². The van der Waals surface area contributed by atoms with Gasteiger partial charge in [-0.15, -0.1) is 0 Å². The predicted octanol–water partition coefficient (Wildman–Crippen LogP) is 1.21. The summed E-state index contributed by atoms with van der Waals surface area (Å²) in [4.78, 5) is 20.2. The molecule has 0 bridgehead atoms. The maximum absolute atomic E-state index is 11.9. The van der Waals surface area contributed by atoms with E-state index in [1.165, 1.54) is 0 Å². The van der Waals surface area contributed by atoms with Crippen molar-refractivity contribution in [3.05, 3.63) is 0 Å². The van der Waals surface area contributed by atoms with E-state index in [4.69, 9.17) is 10.2 Å². The van der Waals surface area contributed by atoms with Gasteiger partial charge in [-0.1, -0.05) is 0 Å². The zero-order valence-corrected chi connectivity index (χ0v) is 6.74. The van der Waals surface area contributed by atoms with E-state index in [1.807, 2.05) is 0 Å². The Labute approximate surface area is 73.2 Å². The largest absolute Gasteiger partial charge is 0.481 e. The van der Waals surface area contributed by atoms with Gasteiger partial charge in [0.15, 0.2) is 0 Å². The van der Waals surface area contributed by atoms with Crippen molar-refractivity contribution in [3.63, 3.8) is 0 Å². The van der Waals surface area contributed by atoms with Gasteiger partial charge < -0.3 is 10.2 Å². The van der Waals surface area contributed by atoms with Crippen molar-refractivity contribution in [3.8, 4) is 0 Å². The van der Waals surface area contributed by atoms with Gasteiger partial charge in [0.2, 0.25) is 0 Å². The van der Waals surface area contributed by atoms with Crippen molar-refractivity contribution in [2.75, 3.05) is 0 Å². The summed E-state index contributed by atoms with van der Waals surface area (Å²) in [5.74, 6) is -4.45. The summed E-state index contributed by atoms with van der Waals surface area (Å²) >= 11 is 0. The number of halogens is 2. The highest BCUT2D eigenvalue weighted by atomic mass is 19.3. The van der Waals surface area contributed by atoms with Crippen LogP contribution in [0.1, 0.15) is 19.3 Å². The molecule has 0 aromatic heterocycles. The van der Waals surface area contributed by atoms with Gasteiger partial charge in [0.25, 0.3) is 6.43 Å². The minimum atomic E-state index is -2.94. The molecule has 0 saturated heterocycles. The molecule has 0 aliphatic rings. The summed E-state index contributed by atoms with van der Waals surface area (Å²) in [7, 11) is 0. The average molecular weight is 196 g/mol. The first kappa shape index (κ1) is 11.8. The van der Waals surface area contributed by atoms with Gasteiger partial charge in [0, 0.05) is 6.42 Å². The molecule has 1 unspecified atom stereocenters. The molecule has 0 aromatic rings. The third kappa shape index (κ3) is 5.10. The lowest BCUT2D eigenvalue weighted by Crippen LogP contribution is -2.21. The molecule has 0 saturated carbocycles. The summed E-state index contributed by atoms with van der Waals surface area (Å²) in [6, 6.07) is 0. The molecule has 0 fully saturated rings. The molecule has 0 spiro atoms. The Hall–Kier alpha value is -1.20. The fourth-order valence-corrected chi connectivity index (χ4v) is 0.830. The van der Waals surface area contributed by atoms with Crippen LogP contribution < -0.4 is 0 Å². The summed E-state index contributed by atoms with van der Waals surface area (Å²) in [6.07, 6.45) is -3.57. The van der Waals surface area contributed by atoms with E-state index < -0.39 is 24.3 Å². The number of hydrogen-bond donors (Lipinski definition) is 2. The van der Waals surface area contributed by atoms with E-state index in [9.17, 15) is 18.4 Å². The Morgan fingerprint density at radius 1 is 1.23 bits per heavy atom. The molecule has 1 atom stereocenters. The van der Waals surface area contributed by atoms with Gasteiger partial charge in [0.05, 0.1) is 0 Å². The van der Waals surface area contributed by atoms with Gasteiger partial charge in [-0.25, -0.2) is 8.78 Å². The highest BCUT2D eigenvalue weighted by Crippen LogP contribution is 2.17. The number of alkyl halides is 2. The van der Waals surface area contributed by atoms with Crippen LogP contribution in [0.15, 0.2) is 0 Å². The van der Waals surface area contributed by atoms with Crippen molar-refractivity contribution in [2.24, 2.45) is 5.92 Å². The average Bonchev–Trinajstić information content (AvgIpc) is 1.95. The molecule has 0 radical (unpaired) electrons. The second-order valence-electron chi connectivity index (χ2n) is 2.57. The molecule has 0 aromatic carbocycles. The molecule has 0 aliphatic heterocycles. The fraction of sp³-hybridized carbons (Fsp3) is 0.714. The van der Waals surface area contributed by atoms with Crippen LogP contribution in [0.25, 0.3) is 0 Å². The SMILES string of the molecule is O=C(O)CCCC(C(=O)O)C(F)F. The van der Waals surface area contributed by atoms with E-state index in [1.54, 1.807) is 0 Å². The zero-order chi connectivity index (χ0) is 10.4. The highest BCUT2D eigenvalue weighted by molar-refractivity contribution is 5.70. The molecule has 4 nitrogen and oxygen atoms in total. The summed E-state index contributed by atoms with van der Waals surface area (Å²) in [5, 5.41) is 16.5. The normalized spacial score (nSPS) is 12.8. The van der Waals surface area contributed by atoms with Crippen LogP contribution in [0.5, 0.6) is 0 Å². The van der Waals surface area contributed by atoms with Crippen molar-refractivity contribution >= 4 is 11.9 Å². The second-order valence-corrected chi connectivity index (χ2v) is 2.57. The topological polar surface area (TPSA) is 74.6 Å². The number of carbonyl (C=O) groups is 2. The monoisotopic (exact) mass is 196 g/mol. The minimum absolute atomic E-state index is 0.0450. The number of hydrogen-bond acceptors (Lipinski definition) is 2. The number of aliphatic carboxylic acids is 2. The van der Waals surface area contributed by atoms with Crippen LogP contribution in [0.3, 0.4) is 0 Å². The molecule has 6 heteroatoms. The summed E-state index contributed by atoms with van der Waals surface area (Å²) in [6.45, 7) is 0. The van der Waals surface area contributed by atoms with E-state index in [0.717, 1.165) is 0 Å². The first-order valence-electron chi connectivity index (χ1n) is 3.68. The van der Waals surface area contributed by atoms with Crippen molar-refractivity contribution in [1.29, 1.82) is 0 Å². The third-order valence-electron chi connectivity index (χ3n) is 1.53. The van der Waals surface area contributed by atoms with Crippen molar-refractivity contribution in [1.82, 2.24) is 0 Å². The minimum Gasteiger partial charge on any atom is -0.481 e. The van der Waals surface area contributed by atoms with E-state index in [-0.39, 0.29) is 19.3 Å². The first-order valence-corrected chi connectivity index (χ1v) is 3.68. The lowest BCUT2D eigenvalue weighted by molar-refractivity contribution is -0.148. The van der Waals surface area contributed by atoms with E-state index in [2.05, 4.69) is 0 Å². The first-order chi connectivity index (χ1) is 5.95. The van der Waals surface area contributed by atoms with Gasteiger partial charge in [-0.3, -0.25) is 9.59 Å². The van der Waals surface area contributed by atoms with Crippen LogP contribution >= 0.6 is 0 Å². The highest BCUT2D eigenvalue weighted by Gasteiger charge is 2.27. The van der Waals surface area contributed by atoms with Gasteiger partial charge >= 0.3 is 11.9 Å². The third-order valence-corrected chi connectivity index (χ3v) is 1.53. The molecule has 2 N–H and O–H groups in total. The molecule has 13 heavy (non-hydrogen) atoms. The molecule has 0 aliphatic carbocycles. The fourth-order valence-electron chi connectivity index (χ4n) is 0.830.